The predicted molar refractivity (Wildman–Crippen MR) is 54.9 cm³/mol. The molecule has 1 aromatic rings. The van der Waals surface area contributed by atoms with Crippen LogP contribution in [-0.4, -0.2) is 17.1 Å². The Bertz CT molecular complexity index is 381. The summed E-state index contributed by atoms with van der Waals surface area (Å²) in [6, 6.07) is 4.38. The van der Waals surface area contributed by atoms with Gasteiger partial charge in [0.25, 0.3) is 5.69 Å². The van der Waals surface area contributed by atoms with Gasteiger partial charge in [-0.05, 0) is 26.0 Å². The summed E-state index contributed by atoms with van der Waals surface area (Å²) in [7, 11) is 1.43. The van der Waals surface area contributed by atoms with Crippen LogP contribution >= 0.6 is 0 Å². The minimum Gasteiger partial charge on any atom is -0.497 e. The Labute approximate surface area is 87.5 Å². The number of methoxy groups -OCH3 is 1. The fraction of sp³-hybridized carbons (Fsp3) is 0.400. The van der Waals surface area contributed by atoms with Gasteiger partial charge in [-0.1, -0.05) is 0 Å². The van der Waals surface area contributed by atoms with Crippen molar-refractivity contribution in [3.63, 3.8) is 0 Å². The third kappa shape index (κ3) is 2.44. The molecule has 1 rings (SSSR count). The molecule has 0 aliphatic carbocycles. The van der Waals surface area contributed by atoms with Gasteiger partial charge < -0.3 is 9.84 Å². The maximum atomic E-state index is 10.8. The molecule has 1 aromatic carbocycles. The number of hydrogen-bond acceptors (Lipinski definition) is 4. The standard InChI is InChI=1S/C10H13NO4/c1-10(2,12)8-5-4-7(15-3)6-9(8)11(13)14/h4-6,12H,1-3H3. The lowest BCUT2D eigenvalue weighted by atomic mass is 9.96. The SMILES string of the molecule is COc1ccc(C(C)(C)O)c([N+](=O)[O-])c1. The monoisotopic (exact) mass is 211 g/mol. The smallest absolute Gasteiger partial charge is 0.279 e. The first-order chi connectivity index (χ1) is 6.86. The number of benzene rings is 1. The molecule has 0 saturated carbocycles. The van der Waals surface area contributed by atoms with E-state index in [0.29, 0.717) is 5.75 Å². The van der Waals surface area contributed by atoms with Crippen molar-refractivity contribution in [1.82, 2.24) is 0 Å². The summed E-state index contributed by atoms with van der Waals surface area (Å²) in [5.41, 5.74) is -1.11. The maximum absolute atomic E-state index is 10.8. The zero-order chi connectivity index (χ0) is 11.6. The molecule has 0 fully saturated rings. The van der Waals surface area contributed by atoms with Crippen LogP contribution in [0.15, 0.2) is 18.2 Å². The van der Waals surface area contributed by atoms with E-state index in [-0.39, 0.29) is 11.3 Å². The summed E-state index contributed by atoms with van der Waals surface area (Å²) in [4.78, 5) is 10.2. The van der Waals surface area contributed by atoms with Crippen LogP contribution in [0, 0.1) is 10.1 Å². The van der Waals surface area contributed by atoms with Crippen molar-refractivity contribution in [1.29, 1.82) is 0 Å². The molecular formula is C10H13NO4. The van der Waals surface area contributed by atoms with E-state index in [0.717, 1.165) is 0 Å². The second-order valence-corrected chi connectivity index (χ2v) is 3.70. The van der Waals surface area contributed by atoms with E-state index in [1.54, 1.807) is 6.07 Å². The van der Waals surface area contributed by atoms with Crippen LogP contribution < -0.4 is 4.74 Å². The average molecular weight is 211 g/mol. The highest BCUT2D eigenvalue weighted by Gasteiger charge is 2.26. The van der Waals surface area contributed by atoms with Crippen LogP contribution in [0.1, 0.15) is 19.4 Å². The lowest BCUT2D eigenvalue weighted by Crippen LogP contribution is -2.17. The summed E-state index contributed by atoms with van der Waals surface area (Å²) >= 11 is 0. The van der Waals surface area contributed by atoms with Crippen molar-refractivity contribution in [2.45, 2.75) is 19.4 Å². The topological polar surface area (TPSA) is 72.6 Å². The van der Waals surface area contributed by atoms with Gasteiger partial charge in [-0.15, -0.1) is 0 Å². The van der Waals surface area contributed by atoms with E-state index < -0.39 is 10.5 Å². The number of aliphatic hydroxyl groups is 1. The van der Waals surface area contributed by atoms with E-state index in [4.69, 9.17) is 4.74 Å². The Balaban J connectivity index is 3.34. The minimum absolute atomic E-state index is 0.137. The second kappa shape index (κ2) is 3.86. The van der Waals surface area contributed by atoms with Gasteiger partial charge in [0.05, 0.1) is 29.3 Å². The van der Waals surface area contributed by atoms with Crippen LogP contribution in [0.25, 0.3) is 0 Å². The van der Waals surface area contributed by atoms with Gasteiger partial charge in [-0.3, -0.25) is 10.1 Å². The molecule has 5 heteroatoms. The molecule has 0 aromatic heterocycles. The van der Waals surface area contributed by atoms with Gasteiger partial charge in [0.2, 0.25) is 0 Å². The molecule has 0 atom stereocenters. The third-order valence-electron chi connectivity index (χ3n) is 2.06. The van der Waals surface area contributed by atoms with E-state index in [1.807, 2.05) is 0 Å². The quantitative estimate of drug-likeness (QED) is 0.611. The Morgan fingerprint density at radius 1 is 1.47 bits per heavy atom. The lowest BCUT2D eigenvalue weighted by molar-refractivity contribution is -0.386. The number of nitro benzene ring substituents is 1. The minimum atomic E-state index is -1.24. The highest BCUT2D eigenvalue weighted by Crippen LogP contribution is 2.32. The molecule has 0 amide bonds. The Hall–Kier alpha value is -1.62. The number of ether oxygens (including phenoxy) is 1. The van der Waals surface area contributed by atoms with E-state index in [2.05, 4.69) is 0 Å². The third-order valence-corrected chi connectivity index (χ3v) is 2.06. The van der Waals surface area contributed by atoms with Crippen molar-refractivity contribution >= 4 is 5.69 Å². The maximum Gasteiger partial charge on any atom is 0.279 e. The Kier molecular flexibility index (Phi) is 2.95. The number of hydrogen-bond donors (Lipinski definition) is 1. The highest BCUT2D eigenvalue weighted by atomic mass is 16.6. The van der Waals surface area contributed by atoms with Crippen LogP contribution in [-0.2, 0) is 5.60 Å². The van der Waals surface area contributed by atoms with Gasteiger partial charge >= 0.3 is 0 Å². The van der Waals surface area contributed by atoms with E-state index in [9.17, 15) is 15.2 Å². The van der Waals surface area contributed by atoms with Gasteiger partial charge in [0.1, 0.15) is 5.75 Å². The summed E-state index contributed by atoms with van der Waals surface area (Å²) in [5.74, 6) is 0.398. The normalized spacial score (nSPS) is 11.2. The molecule has 0 saturated heterocycles. The summed E-state index contributed by atoms with van der Waals surface area (Å²) in [6.45, 7) is 3.00. The zero-order valence-electron chi connectivity index (χ0n) is 8.85. The van der Waals surface area contributed by atoms with Crippen molar-refractivity contribution in [2.75, 3.05) is 7.11 Å². The van der Waals surface area contributed by atoms with Crippen molar-refractivity contribution in [3.05, 3.63) is 33.9 Å². The molecule has 15 heavy (non-hydrogen) atoms. The molecule has 0 bridgehead atoms. The van der Waals surface area contributed by atoms with E-state index >= 15 is 0 Å². The van der Waals surface area contributed by atoms with Gasteiger partial charge in [-0.2, -0.15) is 0 Å². The summed E-state index contributed by atoms with van der Waals surface area (Å²) in [6.07, 6.45) is 0. The van der Waals surface area contributed by atoms with Crippen LogP contribution in [0.2, 0.25) is 0 Å². The zero-order valence-corrected chi connectivity index (χ0v) is 8.85. The number of nitrogens with zero attached hydrogens (tertiary/aromatic N) is 1. The fourth-order valence-corrected chi connectivity index (χ4v) is 1.31. The molecule has 1 N–H and O–H groups in total. The molecule has 0 spiro atoms. The van der Waals surface area contributed by atoms with Crippen LogP contribution in [0.3, 0.4) is 0 Å². The second-order valence-electron chi connectivity index (χ2n) is 3.70. The van der Waals surface area contributed by atoms with Gasteiger partial charge in [0.15, 0.2) is 0 Å². The van der Waals surface area contributed by atoms with Gasteiger partial charge in [-0.25, -0.2) is 0 Å². The average Bonchev–Trinajstić information content (AvgIpc) is 2.15. The molecule has 0 aliphatic rings. The molecule has 0 heterocycles. The Morgan fingerprint density at radius 3 is 2.47 bits per heavy atom. The molecule has 0 unspecified atom stereocenters. The van der Waals surface area contributed by atoms with E-state index in [1.165, 1.54) is 33.1 Å². The first-order valence-electron chi connectivity index (χ1n) is 4.41. The largest absolute Gasteiger partial charge is 0.497 e. The molecule has 0 aliphatic heterocycles. The lowest BCUT2D eigenvalue weighted by Gasteiger charge is -2.17. The summed E-state index contributed by atoms with van der Waals surface area (Å²) < 4.78 is 4.89. The van der Waals surface area contributed by atoms with Crippen LogP contribution in [0.4, 0.5) is 5.69 Å². The fourth-order valence-electron chi connectivity index (χ4n) is 1.31. The summed E-state index contributed by atoms with van der Waals surface area (Å²) in [5, 5.41) is 20.5. The van der Waals surface area contributed by atoms with Crippen molar-refractivity contribution in [2.24, 2.45) is 0 Å². The van der Waals surface area contributed by atoms with Crippen molar-refractivity contribution in [3.8, 4) is 5.75 Å². The molecule has 0 radical (unpaired) electrons. The molecular weight excluding hydrogens is 198 g/mol. The Morgan fingerprint density at radius 2 is 2.07 bits per heavy atom. The number of rotatable bonds is 3. The molecule has 5 nitrogen and oxygen atoms in total. The van der Waals surface area contributed by atoms with Crippen molar-refractivity contribution < 1.29 is 14.8 Å². The first-order valence-corrected chi connectivity index (χ1v) is 4.41. The van der Waals surface area contributed by atoms with Crippen LogP contribution in [0.5, 0.6) is 5.75 Å². The van der Waals surface area contributed by atoms with Gasteiger partial charge in [0, 0.05) is 0 Å². The first kappa shape index (κ1) is 11.5. The highest BCUT2D eigenvalue weighted by molar-refractivity contribution is 5.48. The molecule has 82 valence electrons. The predicted octanol–water partition coefficient (Wildman–Crippen LogP) is 1.83. The number of nitro groups is 1.